The maximum atomic E-state index is 13.0. The topological polar surface area (TPSA) is 69.7 Å². The van der Waals surface area contributed by atoms with E-state index in [0.717, 1.165) is 19.5 Å². The van der Waals surface area contributed by atoms with Gasteiger partial charge in [0.05, 0.1) is 5.75 Å². The molecule has 1 aromatic carbocycles. The number of carbonyl (C=O) groups excluding carboxylic acids is 1. The molecule has 2 fully saturated rings. The Kier molecular flexibility index (Phi) is 7.65. The monoisotopic (exact) mass is 425 g/mol. The van der Waals surface area contributed by atoms with Gasteiger partial charge in [0.15, 0.2) is 0 Å². The van der Waals surface area contributed by atoms with Crippen molar-refractivity contribution in [2.45, 2.75) is 37.9 Å². The maximum Gasteiger partial charge on any atom is 0.223 e. The molecule has 2 heterocycles. The molecule has 3 rings (SSSR count). The maximum absolute atomic E-state index is 13.0. The van der Waals surface area contributed by atoms with Crippen LogP contribution < -0.4 is 5.32 Å². The predicted molar refractivity (Wildman–Crippen MR) is 111 cm³/mol. The van der Waals surface area contributed by atoms with E-state index in [4.69, 9.17) is 0 Å². The van der Waals surface area contributed by atoms with E-state index in [2.05, 4.69) is 17.3 Å². The van der Waals surface area contributed by atoms with Gasteiger partial charge < -0.3 is 10.2 Å². The molecule has 0 atom stereocenters. The van der Waals surface area contributed by atoms with E-state index < -0.39 is 10.0 Å². The molecule has 0 aromatic heterocycles. The number of nitrogens with one attached hydrogen (secondary N) is 1. The molecule has 0 spiro atoms. The molecule has 1 aromatic rings. The molecule has 0 bridgehead atoms. The number of hydrogen-bond donors (Lipinski definition) is 1. The fourth-order valence-electron chi connectivity index (χ4n) is 4.17. The fraction of sp³-hybridized carbons (Fsp3) is 0.667. The Morgan fingerprint density at radius 3 is 2.31 bits per heavy atom. The lowest BCUT2D eigenvalue weighted by Gasteiger charge is -2.31. The molecule has 2 aliphatic rings. The zero-order valence-corrected chi connectivity index (χ0v) is 18.0. The molecular weight excluding hydrogens is 393 g/mol. The van der Waals surface area contributed by atoms with Crippen LogP contribution in [0.4, 0.5) is 4.39 Å². The first-order valence-corrected chi connectivity index (χ1v) is 12.1. The number of nitrogens with zero attached hydrogens (tertiary/aromatic N) is 2. The van der Waals surface area contributed by atoms with Crippen LogP contribution in [0, 0.1) is 17.7 Å². The van der Waals surface area contributed by atoms with Crippen molar-refractivity contribution < 1.29 is 17.6 Å². The summed E-state index contributed by atoms with van der Waals surface area (Å²) >= 11 is 0. The molecular formula is C21H32FN3O3S. The van der Waals surface area contributed by atoms with Crippen molar-refractivity contribution in [2.75, 3.05) is 39.8 Å². The van der Waals surface area contributed by atoms with Gasteiger partial charge in [-0.3, -0.25) is 4.79 Å². The summed E-state index contributed by atoms with van der Waals surface area (Å²) in [5.41, 5.74) is 0.570. The molecule has 2 aliphatic heterocycles. The Bertz CT molecular complexity index is 769. The first-order valence-electron chi connectivity index (χ1n) is 10.5. The number of rotatable bonds is 7. The highest BCUT2D eigenvalue weighted by molar-refractivity contribution is 7.88. The number of benzene rings is 1. The highest BCUT2D eigenvalue weighted by Crippen LogP contribution is 2.23. The van der Waals surface area contributed by atoms with E-state index in [1.165, 1.54) is 41.4 Å². The number of likely N-dealkylation sites (tertiary alicyclic amines) is 1. The van der Waals surface area contributed by atoms with Gasteiger partial charge in [0.1, 0.15) is 5.82 Å². The predicted octanol–water partition coefficient (Wildman–Crippen LogP) is 2.22. The summed E-state index contributed by atoms with van der Waals surface area (Å²) in [5.74, 6) is 0.0952. The van der Waals surface area contributed by atoms with Crippen LogP contribution in [-0.4, -0.2) is 63.3 Å². The largest absolute Gasteiger partial charge is 0.356 e. The van der Waals surface area contributed by atoms with Crippen molar-refractivity contribution in [1.82, 2.24) is 14.5 Å². The van der Waals surface area contributed by atoms with Crippen molar-refractivity contribution >= 4 is 15.9 Å². The quantitative estimate of drug-likeness (QED) is 0.727. The Balaban J connectivity index is 1.39. The average Bonchev–Trinajstić information content (AvgIpc) is 2.71. The Labute approximate surface area is 173 Å². The molecule has 6 nitrogen and oxygen atoms in total. The van der Waals surface area contributed by atoms with Crippen molar-refractivity contribution in [1.29, 1.82) is 0 Å². The highest BCUT2D eigenvalue weighted by atomic mass is 32.2. The number of carbonyl (C=O) groups is 1. The lowest BCUT2D eigenvalue weighted by molar-refractivity contribution is -0.126. The number of amides is 1. The van der Waals surface area contributed by atoms with Gasteiger partial charge in [0.25, 0.3) is 0 Å². The highest BCUT2D eigenvalue weighted by Gasteiger charge is 2.31. The number of sulfonamides is 1. The van der Waals surface area contributed by atoms with E-state index >= 15 is 0 Å². The lowest BCUT2D eigenvalue weighted by Crippen LogP contribution is -2.43. The average molecular weight is 426 g/mol. The van der Waals surface area contributed by atoms with Crippen LogP contribution in [0.5, 0.6) is 0 Å². The molecule has 1 N–H and O–H groups in total. The summed E-state index contributed by atoms with van der Waals surface area (Å²) in [6, 6.07) is 5.54. The molecule has 0 saturated carbocycles. The second-order valence-electron chi connectivity index (χ2n) is 8.38. The Morgan fingerprint density at radius 2 is 1.69 bits per heavy atom. The molecule has 0 unspecified atom stereocenters. The summed E-state index contributed by atoms with van der Waals surface area (Å²) in [4.78, 5) is 14.8. The van der Waals surface area contributed by atoms with Crippen molar-refractivity contribution in [2.24, 2.45) is 11.8 Å². The molecule has 162 valence electrons. The molecule has 8 heteroatoms. The van der Waals surface area contributed by atoms with Gasteiger partial charge in [-0.15, -0.1) is 0 Å². The van der Waals surface area contributed by atoms with Crippen LogP contribution in [0.15, 0.2) is 24.3 Å². The Morgan fingerprint density at radius 1 is 1.07 bits per heavy atom. The minimum atomic E-state index is -3.46. The van der Waals surface area contributed by atoms with Crippen LogP contribution in [0.3, 0.4) is 0 Å². The van der Waals surface area contributed by atoms with Gasteiger partial charge in [-0.25, -0.2) is 17.1 Å². The second kappa shape index (κ2) is 10.00. The summed E-state index contributed by atoms with van der Waals surface area (Å²) < 4.78 is 39.7. The molecule has 0 radical (unpaired) electrons. The van der Waals surface area contributed by atoms with E-state index in [1.54, 1.807) is 0 Å². The normalized spacial score (nSPS) is 20.6. The van der Waals surface area contributed by atoms with Crippen LogP contribution in [0.25, 0.3) is 0 Å². The van der Waals surface area contributed by atoms with Crippen molar-refractivity contribution in [3.63, 3.8) is 0 Å². The molecule has 1 amide bonds. The van der Waals surface area contributed by atoms with Gasteiger partial charge in [0.2, 0.25) is 15.9 Å². The zero-order valence-electron chi connectivity index (χ0n) is 17.1. The van der Waals surface area contributed by atoms with Gasteiger partial charge in [-0.2, -0.15) is 0 Å². The minimum Gasteiger partial charge on any atom is -0.356 e. The first kappa shape index (κ1) is 22.2. The zero-order chi connectivity index (χ0) is 20.9. The number of halogens is 1. The number of hydrogen-bond acceptors (Lipinski definition) is 4. The third-order valence-electron chi connectivity index (χ3n) is 6.17. The Hall–Kier alpha value is -1.51. The van der Waals surface area contributed by atoms with Crippen LogP contribution >= 0.6 is 0 Å². The van der Waals surface area contributed by atoms with Crippen molar-refractivity contribution in [3.05, 3.63) is 35.6 Å². The number of piperidine rings is 2. The fourth-order valence-corrected chi connectivity index (χ4v) is 5.74. The summed E-state index contributed by atoms with van der Waals surface area (Å²) in [6.45, 7) is 3.68. The van der Waals surface area contributed by atoms with E-state index in [1.807, 2.05) is 0 Å². The van der Waals surface area contributed by atoms with Gasteiger partial charge >= 0.3 is 0 Å². The standard InChI is InChI=1S/C21H32FN3O3S/c1-24-12-7-17(8-13-24)6-11-23-21(26)19-9-14-25(15-10-19)29(27,28)16-18-2-4-20(22)5-3-18/h2-5,17,19H,6-16H2,1H3,(H,23,26). The minimum absolute atomic E-state index is 0.0495. The van der Waals surface area contributed by atoms with Crippen LogP contribution in [-0.2, 0) is 20.6 Å². The summed E-state index contributed by atoms with van der Waals surface area (Å²) in [5, 5.41) is 3.05. The molecule has 2 saturated heterocycles. The van der Waals surface area contributed by atoms with Crippen LogP contribution in [0.1, 0.15) is 37.7 Å². The van der Waals surface area contributed by atoms with Gasteiger partial charge in [0, 0.05) is 25.6 Å². The first-order chi connectivity index (χ1) is 13.8. The third-order valence-corrected chi connectivity index (χ3v) is 8.02. The summed E-state index contributed by atoms with van der Waals surface area (Å²) in [7, 11) is -1.32. The van der Waals surface area contributed by atoms with Crippen LogP contribution in [0.2, 0.25) is 0 Å². The van der Waals surface area contributed by atoms with Crippen molar-refractivity contribution in [3.8, 4) is 0 Å². The van der Waals surface area contributed by atoms with E-state index in [-0.39, 0.29) is 23.4 Å². The van der Waals surface area contributed by atoms with Gasteiger partial charge in [-0.05, 0) is 75.9 Å². The smallest absolute Gasteiger partial charge is 0.223 e. The third kappa shape index (κ3) is 6.49. The lowest BCUT2D eigenvalue weighted by atomic mass is 9.93. The van der Waals surface area contributed by atoms with E-state index in [9.17, 15) is 17.6 Å². The van der Waals surface area contributed by atoms with Gasteiger partial charge in [-0.1, -0.05) is 12.1 Å². The summed E-state index contributed by atoms with van der Waals surface area (Å²) in [6.07, 6.45) is 4.49. The molecule has 29 heavy (non-hydrogen) atoms. The second-order valence-corrected chi connectivity index (χ2v) is 10.4. The van der Waals surface area contributed by atoms with E-state index in [0.29, 0.717) is 44.0 Å². The molecule has 0 aliphatic carbocycles. The SMILES string of the molecule is CN1CCC(CCNC(=O)C2CCN(S(=O)(=O)Cc3ccc(F)cc3)CC2)CC1.